The minimum atomic E-state index is -0.279. The summed E-state index contributed by atoms with van der Waals surface area (Å²) in [4.78, 5) is 0.614. The van der Waals surface area contributed by atoms with Gasteiger partial charge in [0, 0.05) is 16.3 Å². The number of thioether (sulfide) groups is 1. The van der Waals surface area contributed by atoms with Crippen LogP contribution in [0, 0.1) is 5.82 Å². The molecular formula is C14H18ClFN2S2. The summed E-state index contributed by atoms with van der Waals surface area (Å²) >= 11 is 12.4. The van der Waals surface area contributed by atoms with Gasteiger partial charge in [-0.25, -0.2) is 4.39 Å². The first-order valence-electron chi connectivity index (χ1n) is 6.43. The van der Waals surface area contributed by atoms with Gasteiger partial charge in [-0.05, 0) is 31.9 Å². The number of hydrogen-bond donors (Lipinski definition) is 1. The summed E-state index contributed by atoms with van der Waals surface area (Å²) in [5, 5.41) is 5.62. The Morgan fingerprint density at radius 3 is 2.85 bits per heavy atom. The molecule has 0 aliphatic carbocycles. The van der Waals surface area contributed by atoms with Gasteiger partial charge in [-0.1, -0.05) is 43.2 Å². The molecule has 1 aromatic carbocycles. The quantitative estimate of drug-likeness (QED) is 0.337. The predicted octanol–water partition coefficient (Wildman–Crippen LogP) is 5.15. The average molecular weight is 333 g/mol. The second-order valence-electron chi connectivity index (χ2n) is 4.27. The van der Waals surface area contributed by atoms with E-state index in [-0.39, 0.29) is 5.82 Å². The number of benzene rings is 1. The largest absolute Gasteiger partial charge is 0.271 e. The Hall–Kier alpha value is -0.650. The van der Waals surface area contributed by atoms with Crippen LogP contribution in [-0.4, -0.2) is 10.0 Å². The first-order valence-corrected chi connectivity index (χ1v) is 8.20. The van der Waals surface area contributed by atoms with E-state index in [1.165, 1.54) is 17.8 Å². The molecule has 0 amide bonds. The van der Waals surface area contributed by atoms with Crippen molar-refractivity contribution in [3.63, 3.8) is 0 Å². The maximum atomic E-state index is 13.7. The van der Waals surface area contributed by atoms with Crippen LogP contribution in [-0.2, 0) is 5.75 Å². The zero-order valence-corrected chi connectivity index (χ0v) is 14.0. The van der Waals surface area contributed by atoms with Crippen LogP contribution in [0.15, 0.2) is 23.3 Å². The number of unbranched alkanes of at least 4 members (excludes halogenated alkanes) is 1. The molecule has 0 unspecified atom stereocenters. The van der Waals surface area contributed by atoms with Gasteiger partial charge in [0.25, 0.3) is 0 Å². The molecule has 1 rings (SSSR count). The summed E-state index contributed by atoms with van der Waals surface area (Å²) in [6, 6.07) is 4.72. The summed E-state index contributed by atoms with van der Waals surface area (Å²) < 4.78 is 13.7. The van der Waals surface area contributed by atoms with Gasteiger partial charge in [0.1, 0.15) is 5.82 Å². The minimum absolute atomic E-state index is 0.279. The normalized spacial score (nSPS) is 11.5. The molecular weight excluding hydrogens is 315 g/mol. The molecule has 0 aliphatic rings. The molecule has 6 heteroatoms. The first-order chi connectivity index (χ1) is 9.54. The van der Waals surface area contributed by atoms with Crippen LogP contribution < -0.4 is 5.43 Å². The maximum absolute atomic E-state index is 13.7. The lowest BCUT2D eigenvalue weighted by Gasteiger charge is -2.08. The fourth-order valence-electron chi connectivity index (χ4n) is 1.46. The van der Waals surface area contributed by atoms with E-state index in [4.69, 9.17) is 23.8 Å². The fourth-order valence-corrected chi connectivity index (χ4v) is 2.81. The van der Waals surface area contributed by atoms with Crippen LogP contribution in [0.4, 0.5) is 4.39 Å². The fraction of sp³-hybridized carbons (Fsp3) is 0.429. The molecule has 1 aromatic rings. The smallest absolute Gasteiger partial charge is 0.128 e. The van der Waals surface area contributed by atoms with Crippen molar-refractivity contribution in [2.75, 3.05) is 0 Å². The van der Waals surface area contributed by atoms with Crippen molar-refractivity contribution >= 4 is 45.6 Å². The Balaban J connectivity index is 2.70. The van der Waals surface area contributed by atoms with Crippen LogP contribution in [0.1, 0.15) is 38.7 Å². The van der Waals surface area contributed by atoms with Gasteiger partial charge < -0.3 is 0 Å². The highest BCUT2D eigenvalue weighted by atomic mass is 35.5. The van der Waals surface area contributed by atoms with E-state index in [1.54, 1.807) is 19.1 Å². The van der Waals surface area contributed by atoms with E-state index in [0.717, 1.165) is 24.3 Å². The van der Waals surface area contributed by atoms with E-state index in [9.17, 15) is 4.39 Å². The molecule has 0 saturated heterocycles. The number of hydrogen-bond acceptors (Lipinski definition) is 3. The summed E-state index contributed by atoms with van der Waals surface area (Å²) in [5.74, 6) is 0.186. The molecule has 110 valence electrons. The van der Waals surface area contributed by atoms with E-state index < -0.39 is 0 Å². The lowest BCUT2D eigenvalue weighted by Crippen LogP contribution is -2.13. The van der Waals surface area contributed by atoms with Crippen molar-refractivity contribution < 1.29 is 4.39 Å². The molecule has 0 heterocycles. The summed E-state index contributed by atoms with van der Waals surface area (Å²) in [6.07, 6.45) is 2.97. The van der Waals surface area contributed by atoms with Crippen molar-refractivity contribution in [2.24, 2.45) is 5.10 Å². The van der Waals surface area contributed by atoms with E-state index >= 15 is 0 Å². The van der Waals surface area contributed by atoms with Gasteiger partial charge in [0.2, 0.25) is 0 Å². The molecule has 1 N–H and O–H groups in total. The van der Waals surface area contributed by atoms with Crippen molar-refractivity contribution in [3.05, 3.63) is 34.6 Å². The van der Waals surface area contributed by atoms with Crippen molar-refractivity contribution in [3.8, 4) is 0 Å². The second kappa shape index (κ2) is 9.32. The zero-order valence-electron chi connectivity index (χ0n) is 11.6. The van der Waals surface area contributed by atoms with Gasteiger partial charge in [-0.15, -0.1) is 11.8 Å². The highest BCUT2D eigenvalue weighted by Crippen LogP contribution is 2.25. The molecule has 20 heavy (non-hydrogen) atoms. The van der Waals surface area contributed by atoms with Gasteiger partial charge in [0.05, 0.1) is 10.0 Å². The average Bonchev–Trinajstić information content (AvgIpc) is 2.40. The van der Waals surface area contributed by atoms with Crippen LogP contribution in [0.3, 0.4) is 0 Å². The van der Waals surface area contributed by atoms with Crippen molar-refractivity contribution in [1.82, 2.24) is 5.43 Å². The topological polar surface area (TPSA) is 24.4 Å². The molecule has 0 aliphatic heterocycles. The molecule has 0 atom stereocenters. The lowest BCUT2D eigenvalue weighted by molar-refractivity contribution is 0.617. The van der Waals surface area contributed by atoms with E-state index in [2.05, 4.69) is 17.5 Å². The monoisotopic (exact) mass is 332 g/mol. The Bertz CT molecular complexity index is 472. The molecule has 0 fully saturated rings. The Morgan fingerprint density at radius 1 is 1.50 bits per heavy atom. The summed E-state index contributed by atoms with van der Waals surface area (Å²) in [7, 11) is 0. The Labute approximate surface area is 134 Å². The predicted molar refractivity (Wildman–Crippen MR) is 91.1 cm³/mol. The zero-order chi connectivity index (χ0) is 15.0. The van der Waals surface area contributed by atoms with Crippen LogP contribution >= 0.6 is 35.6 Å². The third kappa shape index (κ3) is 6.20. The third-order valence-electron chi connectivity index (χ3n) is 2.53. The van der Waals surface area contributed by atoms with E-state index in [1.807, 2.05) is 0 Å². The van der Waals surface area contributed by atoms with Crippen molar-refractivity contribution in [1.29, 1.82) is 0 Å². The maximum Gasteiger partial charge on any atom is 0.128 e. The van der Waals surface area contributed by atoms with Gasteiger partial charge in [-0.3, -0.25) is 5.43 Å². The SMILES string of the molecule is CCCC/C(=N\NC(C)=S)SCc1c(F)cccc1Cl. The molecule has 0 radical (unpaired) electrons. The summed E-state index contributed by atoms with van der Waals surface area (Å²) in [6.45, 7) is 3.89. The number of hydrazone groups is 1. The van der Waals surface area contributed by atoms with Crippen LogP contribution in [0.2, 0.25) is 5.02 Å². The highest BCUT2D eigenvalue weighted by Gasteiger charge is 2.09. The molecule has 0 aromatic heterocycles. The number of nitrogens with one attached hydrogen (secondary N) is 1. The third-order valence-corrected chi connectivity index (χ3v) is 4.03. The molecule has 0 bridgehead atoms. The number of nitrogens with zero attached hydrogens (tertiary/aromatic N) is 1. The van der Waals surface area contributed by atoms with Gasteiger partial charge in [-0.2, -0.15) is 5.10 Å². The highest BCUT2D eigenvalue weighted by molar-refractivity contribution is 8.13. The molecule has 0 saturated carbocycles. The molecule has 2 nitrogen and oxygen atoms in total. The van der Waals surface area contributed by atoms with E-state index in [0.29, 0.717) is 21.3 Å². The molecule has 0 spiro atoms. The lowest BCUT2D eigenvalue weighted by atomic mass is 10.2. The van der Waals surface area contributed by atoms with Crippen LogP contribution in [0.25, 0.3) is 0 Å². The van der Waals surface area contributed by atoms with Gasteiger partial charge >= 0.3 is 0 Å². The number of halogens is 2. The number of rotatable bonds is 6. The van der Waals surface area contributed by atoms with Gasteiger partial charge in [0.15, 0.2) is 0 Å². The standard InChI is InChI=1S/C14H18ClFN2S2/c1-3-4-8-14(18-17-10(2)19)20-9-11-12(15)6-5-7-13(11)16/h5-7H,3-4,8-9H2,1-2H3,(H,17,19)/b18-14+. The summed E-state index contributed by atoms with van der Waals surface area (Å²) in [5.41, 5.74) is 3.31. The Morgan fingerprint density at radius 2 is 2.25 bits per heavy atom. The van der Waals surface area contributed by atoms with Crippen molar-refractivity contribution in [2.45, 2.75) is 38.9 Å². The first kappa shape index (κ1) is 17.4. The Kier molecular flexibility index (Phi) is 8.11. The number of thiocarbonyl (C=S) groups is 1. The van der Waals surface area contributed by atoms with Crippen LogP contribution in [0.5, 0.6) is 0 Å². The second-order valence-corrected chi connectivity index (χ2v) is 6.33. The minimum Gasteiger partial charge on any atom is -0.271 e.